The van der Waals surface area contributed by atoms with Gasteiger partial charge in [-0.2, -0.15) is 4.98 Å². The van der Waals surface area contributed by atoms with Gasteiger partial charge < -0.3 is 14.3 Å². The molecule has 7 nitrogen and oxygen atoms in total. The van der Waals surface area contributed by atoms with Crippen LogP contribution in [0.15, 0.2) is 82.2 Å². The Balaban J connectivity index is 1.47. The van der Waals surface area contributed by atoms with Crippen molar-refractivity contribution < 1.29 is 13.7 Å². The summed E-state index contributed by atoms with van der Waals surface area (Å²) in [5.41, 5.74) is 2.32. The highest BCUT2D eigenvalue weighted by Crippen LogP contribution is 2.20. The van der Waals surface area contributed by atoms with E-state index in [1.807, 2.05) is 36.4 Å². The van der Waals surface area contributed by atoms with Gasteiger partial charge in [-0.1, -0.05) is 23.4 Å². The third-order valence-electron chi connectivity index (χ3n) is 3.95. The van der Waals surface area contributed by atoms with Crippen molar-refractivity contribution in [1.29, 1.82) is 0 Å². The van der Waals surface area contributed by atoms with E-state index in [2.05, 4.69) is 20.4 Å². The van der Waals surface area contributed by atoms with Crippen LogP contribution in [0.2, 0.25) is 0 Å². The van der Waals surface area contributed by atoms with Crippen LogP contribution in [0.4, 0.5) is 5.69 Å². The van der Waals surface area contributed by atoms with Gasteiger partial charge >= 0.3 is 0 Å². The predicted molar refractivity (Wildman–Crippen MR) is 103 cm³/mol. The monoisotopic (exact) mass is 372 g/mol. The molecule has 0 fully saturated rings. The number of carbonyl (C=O) groups is 1. The number of rotatable bonds is 6. The van der Waals surface area contributed by atoms with Crippen LogP contribution >= 0.6 is 0 Å². The minimum atomic E-state index is -0.259. The zero-order valence-corrected chi connectivity index (χ0v) is 14.8. The molecule has 1 N–H and O–H groups in total. The van der Waals surface area contributed by atoms with Gasteiger partial charge in [-0.3, -0.25) is 9.78 Å². The number of amides is 1. The molecule has 0 aliphatic carbocycles. The summed E-state index contributed by atoms with van der Waals surface area (Å²) in [5, 5.41) is 6.86. The van der Waals surface area contributed by atoms with Crippen LogP contribution in [0.25, 0.3) is 17.5 Å². The van der Waals surface area contributed by atoms with E-state index in [0.717, 1.165) is 11.1 Å². The fraction of sp³-hybridized carbons (Fsp3) is 0.0476. The minimum Gasteiger partial charge on any atom is -0.465 e. The van der Waals surface area contributed by atoms with Crippen LogP contribution in [0.1, 0.15) is 17.2 Å². The topological polar surface area (TPSA) is 94.1 Å². The number of furan rings is 1. The first kappa shape index (κ1) is 17.4. The second-order valence-electron chi connectivity index (χ2n) is 5.93. The van der Waals surface area contributed by atoms with E-state index in [4.69, 9.17) is 8.94 Å². The van der Waals surface area contributed by atoms with Crippen molar-refractivity contribution in [2.75, 3.05) is 5.32 Å². The summed E-state index contributed by atoms with van der Waals surface area (Å²) in [4.78, 5) is 20.7. The number of anilines is 1. The standard InChI is InChI=1S/C21H16N4O3/c26-19(10-9-17-7-4-12-27-17)23-18-8-2-1-5-15(18)13-20-24-21(25-28-20)16-6-3-11-22-14-16/h1-12,14H,13H2,(H,23,26). The van der Waals surface area contributed by atoms with E-state index in [9.17, 15) is 4.79 Å². The Kier molecular flexibility index (Phi) is 5.06. The maximum atomic E-state index is 12.2. The lowest BCUT2D eigenvalue weighted by Gasteiger charge is -2.07. The fourth-order valence-electron chi connectivity index (χ4n) is 2.62. The highest BCUT2D eigenvalue weighted by molar-refractivity contribution is 6.02. The van der Waals surface area contributed by atoms with Gasteiger partial charge in [-0.05, 0) is 42.0 Å². The Morgan fingerprint density at radius 2 is 2.04 bits per heavy atom. The van der Waals surface area contributed by atoms with E-state index in [1.54, 1.807) is 36.9 Å². The average Bonchev–Trinajstić information content (AvgIpc) is 3.41. The summed E-state index contributed by atoms with van der Waals surface area (Å²) in [5.74, 6) is 1.28. The van der Waals surface area contributed by atoms with E-state index in [-0.39, 0.29) is 5.91 Å². The normalized spacial score (nSPS) is 11.0. The molecule has 0 bridgehead atoms. The summed E-state index contributed by atoms with van der Waals surface area (Å²) >= 11 is 0. The lowest BCUT2D eigenvalue weighted by Crippen LogP contribution is -2.10. The molecule has 4 rings (SSSR count). The van der Waals surface area contributed by atoms with Crippen molar-refractivity contribution in [3.05, 3.63) is 90.5 Å². The molecular formula is C21H16N4O3. The summed E-state index contributed by atoms with van der Waals surface area (Å²) in [6.45, 7) is 0. The summed E-state index contributed by atoms with van der Waals surface area (Å²) in [6, 6.07) is 14.7. The quantitative estimate of drug-likeness (QED) is 0.515. The van der Waals surface area contributed by atoms with E-state index in [1.165, 1.54) is 6.08 Å². The van der Waals surface area contributed by atoms with Gasteiger partial charge in [0.05, 0.1) is 12.7 Å². The second kappa shape index (κ2) is 8.13. The highest BCUT2D eigenvalue weighted by Gasteiger charge is 2.12. The molecule has 4 aromatic rings. The minimum absolute atomic E-state index is 0.259. The van der Waals surface area contributed by atoms with Crippen LogP contribution in [0.5, 0.6) is 0 Å². The number of hydrogen-bond donors (Lipinski definition) is 1. The molecule has 3 aromatic heterocycles. The number of aromatic nitrogens is 3. The third kappa shape index (κ3) is 4.21. The number of hydrogen-bond acceptors (Lipinski definition) is 6. The van der Waals surface area contributed by atoms with Crippen LogP contribution in [0, 0.1) is 0 Å². The number of benzene rings is 1. The number of nitrogens with zero attached hydrogens (tertiary/aromatic N) is 3. The number of para-hydroxylation sites is 1. The van der Waals surface area contributed by atoms with Crippen molar-refractivity contribution in [2.45, 2.75) is 6.42 Å². The summed E-state index contributed by atoms with van der Waals surface area (Å²) < 4.78 is 10.5. The van der Waals surface area contributed by atoms with E-state index in [0.29, 0.717) is 29.6 Å². The first-order valence-corrected chi connectivity index (χ1v) is 8.61. The lowest BCUT2D eigenvalue weighted by molar-refractivity contribution is -0.111. The molecule has 0 saturated heterocycles. The molecular weight excluding hydrogens is 356 g/mol. The maximum Gasteiger partial charge on any atom is 0.248 e. The Bertz CT molecular complexity index is 1090. The average molecular weight is 372 g/mol. The van der Waals surface area contributed by atoms with Crippen molar-refractivity contribution in [3.8, 4) is 11.4 Å². The van der Waals surface area contributed by atoms with Crippen molar-refractivity contribution in [2.24, 2.45) is 0 Å². The van der Waals surface area contributed by atoms with Crippen LogP contribution in [-0.4, -0.2) is 21.0 Å². The number of carbonyl (C=O) groups excluding carboxylic acids is 1. The molecule has 0 saturated carbocycles. The van der Waals surface area contributed by atoms with Crippen molar-refractivity contribution in [3.63, 3.8) is 0 Å². The number of nitrogens with one attached hydrogen (secondary N) is 1. The Labute approximate surface area is 160 Å². The second-order valence-corrected chi connectivity index (χ2v) is 5.93. The van der Waals surface area contributed by atoms with Crippen LogP contribution in [0.3, 0.4) is 0 Å². The fourth-order valence-corrected chi connectivity index (χ4v) is 2.62. The molecule has 0 unspecified atom stereocenters. The smallest absolute Gasteiger partial charge is 0.248 e. The van der Waals surface area contributed by atoms with Crippen LogP contribution < -0.4 is 5.32 Å². The summed E-state index contributed by atoms with van der Waals surface area (Å²) in [6.07, 6.45) is 8.33. The summed E-state index contributed by atoms with van der Waals surface area (Å²) in [7, 11) is 0. The van der Waals surface area contributed by atoms with Gasteiger partial charge in [0.25, 0.3) is 0 Å². The molecule has 0 aliphatic rings. The van der Waals surface area contributed by atoms with E-state index >= 15 is 0 Å². The molecule has 7 heteroatoms. The molecule has 138 valence electrons. The number of pyridine rings is 1. The van der Waals surface area contributed by atoms with Crippen molar-refractivity contribution in [1.82, 2.24) is 15.1 Å². The molecule has 1 aromatic carbocycles. The highest BCUT2D eigenvalue weighted by atomic mass is 16.5. The molecule has 0 atom stereocenters. The molecule has 1 amide bonds. The van der Waals surface area contributed by atoms with Gasteiger partial charge in [0.2, 0.25) is 17.6 Å². The zero-order chi connectivity index (χ0) is 19.2. The SMILES string of the molecule is O=C(C=Cc1ccco1)Nc1ccccc1Cc1nc(-c2cccnc2)no1. The first-order chi connectivity index (χ1) is 13.8. The Morgan fingerprint density at radius 3 is 2.86 bits per heavy atom. The first-order valence-electron chi connectivity index (χ1n) is 8.61. The van der Waals surface area contributed by atoms with Gasteiger partial charge in [-0.25, -0.2) is 0 Å². The van der Waals surface area contributed by atoms with Gasteiger partial charge in [0.1, 0.15) is 5.76 Å². The van der Waals surface area contributed by atoms with E-state index < -0.39 is 0 Å². The lowest BCUT2D eigenvalue weighted by atomic mass is 10.1. The molecule has 0 radical (unpaired) electrons. The zero-order valence-electron chi connectivity index (χ0n) is 14.8. The largest absolute Gasteiger partial charge is 0.465 e. The van der Waals surface area contributed by atoms with Gasteiger partial charge in [0, 0.05) is 29.7 Å². The third-order valence-corrected chi connectivity index (χ3v) is 3.95. The molecule has 3 heterocycles. The molecule has 28 heavy (non-hydrogen) atoms. The van der Waals surface area contributed by atoms with Crippen molar-refractivity contribution >= 4 is 17.7 Å². The van der Waals surface area contributed by atoms with Gasteiger partial charge in [0.15, 0.2) is 0 Å². The Hall–Kier alpha value is -4.00. The molecule has 0 aliphatic heterocycles. The Morgan fingerprint density at radius 1 is 1.11 bits per heavy atom. The predicted octanol–water partition coefficient (Wildman–Crippen LogP) is 3.97. The maximum absolute atomic E-state index is 12.2. The molecule has 0 spiro atoms. The van der Waals surface area contributed by atoms with Gasteiger partial charge in [-0.15, -0.1) is 0 Å². The van der Waals surface area contributed by atoms with Crippen LogP contribution in [-0.2, 0) is 11.2 Å².